The zero-order chi connectivity index (χ0) is 23.8. The van der Waals surface area contributed by atoms with E-state index in [-0.39, 0.29) is 4.21 Å². The van der Waals surface area contributed by atoms with Crippen LogP contribution >= 0.6 is 11.3 Å². The number of carbonyl (C=O) groups is 2. The van der Waals surface area contributed by atoms with Crippen LogP contribution in [0.1, 0.15) is 0 Å². The third-order valence-electron chi connectivity index (χ3n) is 4.38. The van der Waals surface area contributed by atoms with E-state index in [1.165, 1.54) is 20.2 Å². The lowest BCUT2D eigenvalue weighted by Gasteiger charge is -2.18. The van der Waals surface area contributed by atoms with E-state index >= 15 is 0 Å². The monoisotopic (exact) mass is 490 g/mol. The smallest absolute Gasteiger partial charge is 0.344 e. The van der Waals surface area contributed by atoms with E-state index in [2.05, 4.69) is 5.32 Å². The van der Waals surface area contributed by atoms with Gasteiger partial charge in [-0.1, -0.05) is 12.1 Å². The van der Waals surface area contributed by atoms with E-state index < -0.39 is 35.1 Å². The van der Waals surface area contributed by atoms with Gasteiger partial charge in [0.15, 0.2) is 13.2 Å². The predicted molar refractivity (Wildman–Crippen MR) is 124 cm³/mol. The lowest BCUT2D eigenvalue weighted by Crippen LogP contribution is -2.25. The maximum absolute atomic E-state index is 12.6. The molecule has 1 N–H and O–H groups in total. The molecule has 1 heterocycles. The normalized spacial score (nSPS) is 10.8. The molecule has 0 radical (unpaired) electrons. The van der Waals surface area contributed by atoms with Crippen molar-refractivity contribution in [2.24, 2.45) is 0 Å². The van der Waals surface area contributed by atoms with Gasteiger partial charge in [-0.15, -0.1) is 11.3 Å². The van der Waals surface area contributed by atoms with Crippen molar-refractivity contribution in [1.82, 2.24) is 0 Å². The molecule has 0 bridgehead atoms. The third kappa shape index (κ3) is 6.46. The molecule has 11 heteroatoms. The van der Waals surface area contributed by atoms with Gasteiger partial charge in [-0.2, -0.15) is 0 Å². The molecular formula is C22H22N2O7S2. The highest BCUT2D eigenvalue weighted by Crippen LogP contribution is 2.26. The lowest BCUT2D eigenvalue weighted by atomic mass is 10.3. The molecular weight excluding hydrogens is 468 g/mol. The van der Waals surface area contributed by atoms with Gasteiger partial charge in [-0.05, 0) is 47.8 Å². The van der Waals surface area contributed by atoms with Gasteiger partial charge in [-0.25, -0.2) is 13.2 Å². The van der Waals surface area contributed by atoms with E-state index in [4.69, 9.17) is 14.2 Å². The number of hydrogen-bond donors (Lipinski definition) is 1. The van der Waals surface area contributed by atoms with Gasteiger partial charge in [0.2, 0.25) is 0 Å². The maximum Gasteiger partial charge on any atom is 0.344 e. The second-order valence-corrected chi connectivity index (χ2v) is 9.77. The summed E-state index contributed by atoms with van der Waals surface area (Å²) >= 11 is 1.14. The van der Waals surface area contributed by atoms with Gasteiger partial charge in [-0.3, -0.25) is 9.10 Å². The quantitative estimate of drug-likeness (QED) is 0.435. The largest absolute Gasteiger partial charge is 0.497 e. The Morgan fingerprint density at radius 2 is 1.76 bits per heavy atom. The first-order valence-corrected chi connectivity index (χ1v) is 12.0. The van der Waals surface area contributed by atoms with E-state index in [0.717, 1.165) is 15.6 Å². The number of hydrogen-bond acceptors (Lipinski definition) is 8. The number of esters is 1. The van der Waals surface area contributed by atoms with E-state index in [1.807, 2.05) is 0 Å². The van der Waals surface area contributed by atoms with Crippen molar-refractivity contribution in [3.8, 4) is 11.5 Å². The first-order chi connectivity index (χ1) is 15.8. The molecule has 0 atom stereocenters. The molecule has 9 nitrogen and oxygen atoms in total. The molecule has 174 valence electrons. The summed E-state index contributed by atoms with van der Waals surface area (Å²) in [5.74, 6) is -0.300. The van der Waals surface area contributed by atoms with Crippen LogP contribution < -0.4 is 19.1 Å². The molecule has 3 aromatic rings. The fourth-order valence-electron chi connectivity index (χ4n) is 2.66. The number of nitrogens with zero attached hydrogens (tertiary/aromatic N) is 1. The summed E-state index contributed by atoms with van der Waals surface area (Å²) in [6.07, 6.45) is 0. The number of carbonyl (C=O) groups excluding carboxylic acids is 2. The zero-order valence-corrected chi connectivity index (χ0v) is 19.5. The van der Waals surface area contributed by atoms with Gasteiger partial charge >= 0.3 is 5.97 Å². The van der Waals surface area contributed by atoms with Crippen LogP contribution in [0.25, 0.3) is 0 Å². The number of ether oxygens (including phenoxy) is 3. The number of methoxy groups -OCH3 is 1. The molecule has 1 aromatic heterocycles. The first-order valence-electron chi connectivity index (χ1n) is 9.64. The number of thiophene rings is 1. The molecule has 0 spiro atoms. The molecule has 0 saturated carbocycles. The molecule has 0 fully saturated rings. The average Bonchev–Trinajstić information content (AvgIpc) is 3.37. The van der Waals surface area contributed by atoms with Gasteiger partial charge in [0, 0.05) is 18.8 Å². The number of sulfonamides is 1. The lowest BCUT2D eigenvalue weighted by molar-refractivity contribution is -0.149. The SMILES string of the molecule is COc1cccc(NC(=O)COC(=O)COc2ccc(N(C)S(=O)(=O)c3cccs3)cc2)c1. The Balaban J connectivity index is 1.46. The Morgan fingerprint density at radius 1 is 1.00 bits per heavy atom. The summed E-state index contributed by atoms with van der Waals surface area (Å²) in [5.41, 5.74) is 0.949. The Morgan fingerprint density at radius 3 is 2.42 bits per heavy atom. The predicted octanol–water partition coefficient (Wildman–Crippen LogP) is 3.14. The summed E-state index contributed by atoms with van der Waals surface area (Å²) < 4.78 is 41.9. The number of anilines is 2. The highest BCUT2D eigenvalue weighted by atomic mass is 32.2. The molecule has 0 aliphatic carbocycles. The van der Waals surface area contributed by atoms with E-state index in [0.29, 0.717) is 22.9 Å². The topological polar surface area (TPSA) is 111 Å². The van der Waals surface area contributed by atoms with Crippen molar-refractivity contribution in [2.45, 2.75) is 4.21 Å². The Labute approximate surface area is 195 Å². The molecule has 0 unspecified atom stereocenters. The summed E-state index contributed by atoms with van der Waals surface area (Å²) in [6, 6.07) is 16.2. The number of rotatable bonds is 10. The van der Waals surface area contributed by atoms with Crippen LogP contribution in [0, 0.1) is 0 Å². The molecule has 3 rings (SSSR count). The minimum Gasteiger partial charge on any atom is -0.497 e. The molecule has 33 heavy (non-hydrogen) atoms. The Kier molecular flexibility index (Phi) is 7.91. The van der Waals surface area contributed by atoms with Crippen molar-refractivity contribution < 1.29 is 32.2 Å². The van der Waals surface area contributed by atoms with Gasteiger partial charge in [0.25, 0.3) is 15.9 Å². The molecule has 0 saturated heterocycles. The second kappa shape index (κ2) is 10.8. The van der Waals surface area contributed by atoms with Crippen LogP contribution in [0.5, 0.6) is 11.5 Å². The van der Waals surface area contributed by atoms with Crippen LogP contribution in [0.15, 0.2) is 70.3 Å². The van der Waals surface area contributed by atoms with Crippen LogP contribution in [0.2, 0.25) is 0 Å². The summed E-state index contributed by atoms with van der Waals surface area (Å²) in [4.78, 5) is 23.8. The van der Waals surface area contributed by atoms with Gasteiger partial charge in [0.05, 0.1) is 12.8 Å². The third-order valence-corrected chi connectivity index (χ3v) is 7.54. The summed E-state index contributed by atoms with van der Waals surface area (Å²) in [5, 5.41) is 4.29. The molecule has 0 aliphatic rings. The van der Waals surface area contributed by atoms with Crippen molar-refractivity contribution in [3.63, 3.8) is 0 Å². The highest BCUT2D eigenvalue weighted by Gasteiger charge is 2.22. The van der Waals surface area contributed by atoms with Crippen molar-refractivity contribution in [1.29, 1.82) is 0 Å². The standard InChI is InChI=1S/C22H22N2O7S2/c1-24(33(27,28)22-7-4-12-32-22)17-8-10-18(11-9-17)30-15-21(26)31-14-20(25)23-16-5-3-6-19(13-16)29-2/h3-13H,14-15H2,1-2H3,(H,23,25). The van der Waals surface area contributed by atoms with Gasteiger partial charge in [0.1, 0.15) is 15.7 Å². The minimum atomic E-state index is -3.64. The number of nitrogens with one attached hydrogen (secondary N) is 1. The van der Waals surface area contributed by atoms with Crippen LogP contribution in [0.3, 0.4) is 0 Å². The zero-order valence-electron chi connectivity index (χ0n) is 17.9. The number of benzene rings is 2. The summed E-state index contributed by atoms with van der Waals surface area (Å²) in [7, 11) is -0.665. The van der Waals surface area contributed by atoms with Crippen molar-refractivity contribution >= 4 is 44.6 Å². The highest BCUT2D eigenvalue weighted by molar-refractivity contribution is 7.94. The van der Waals surface area contributed by atoms with Crippen LogP contribution in [-0.2, 0) is 24.3 Å². The second-order valence-electron chi connectivity index (χ2n) is 6.63. The molecule has 0 aliphatic heterocycles. The van der Waals surface area contributed by atoms with Crippen LogP contribution in [0.4, 0.5) is 11.4 Å². The van der Waals surface area contributed by atoms with E-state index in [9.17, 15) is 18.0 Å². The molecule has 2 aromatic carbocycles. The average molecular weight is 491 g/mol. The Bertz CT molecular complexity index is 1190. The molecule has 1 amide bonds. The Hall–Kier alpha value is -3.57. The van der Waals surface area contributed by atoms with Gasteiger partial charge < -0.3 is 19.5 Å². The minimum absolute atomic E-state index is 0.239. The first kappa shape index (κ1) is 24.1. The van der Waals surface area contributed by atoms with Crippen molar-refractivity contribution in [3.05, 3.63) is 66.0 Å². The maximum atomic E-state index is 12.6. The van der Waals surface area contributed by atoms with E-state index in [1.54, 1.807) is 60.0 Å². The fraction of sp³-hybridized carbons (Fsp3) is 0.182. The summed E-state index contributed by atoms with van der Waals surface area (Å²) in [6.45, 7) is -0.876. The number of amides is 1. The van der Waals surface area contributed by atoms with Crippen molar-refractivity contribution in [2.75, 3.05) is 37.0 Å². The fourth-order valence-corrected chi connectivity index (χ4v) is 5.02. The van der Waals surface area contributed by atoms with Crippen LogP contribution in [-0.4, -0.2) is 47.7 Å².